The lowest BCUT2D eigenvalue weighted by atomic mass is 9.78. The van der Waals surface area contributed by atoms with Crippen LogP contribution in [0.2, 0.25) is 0 Å². The summed E-state index contributed by atoms with van der Waals surface area (Å²) in [5, 5.41) is 2.21. The summed E-state index contributed by atoms with van der Waals surface area (Å²) in [6.07, 6.45) is 1.90. The molecule has 1 aliphatic heterocycles. The van der Waals surface area contributed by atoms with Gasteiger partial charge in [-0.1, -0.05) is 196 Å². The molecule has 0 saturated heterocycles. The molecule has 11 aromatic rings. The van der Waals surface area contributed by atoms with Crippen LogP contribution in [0.3, 0.4) is 0 Å². The quantitative estimate of drug-likeness (QED) is 0.144. The summed E-state index contributed by atoms with van der Waals surface area (Å²) >= 11 is 0. The van der Waals surface area contributed by atoms with Crippen LogP contribution >= 0.6 is 0 Å². The molecule has 0 fully saturated rings. The molecule has 9 aromatic carbocycles. The summed E-state index contributed by atoms with van der Waals surface area (Å²) in [6.45, 7) is 20.4. The van der Waals surface area contributed by atoms with Crippen LogP contribution in [0, 0.1) is 0 Å². The number of anilines is 4. The Labute approximate surface area is 461 Å². The predicted octanol–water partition coefficient (Wildman–Crippen LogP) is 19.8. The van der Waals surface area contributed by atoms with Crippen LogP contribution in [0.15, 0.2) is 224 Å². The molecule has 0 N–H and O–H groups in total. The minimum absolute atomic E-state index is 0.0841. The molecule has 77 heavy (non-hydrogen) atoms. The Morgan fingerprint density at radius 3 is 1.70 bits per heavy atom. The highest BCUT2D eigenvalue weighted by molar-refractivity contribution is 6.11. The fourth-order valence-corrected chi connectivity index (χ4v) is 10.8. The van der Waals surface area contributed by atoms with Gasteiger partial charge in [0.15, 0.2) is 0 Å². The van der Waals surface area contributed by atoms with E-state index < -0.39 is 6.04 Å². The van der Waals surface area contributed by atoms with Crippen molar-refractivity contribution in [1.82, 2.24) is 9.55 Å². The third kappa shape index (κ3) is 9.46. The molecule has 1 aliphatic rings. The summed E-state index contributed by atoms with van der Waals surface area (Å²) in [7, 11) is 0. The van der Waals surface area contributed by atoms with Crippen molar-refractivity contribution in [3.8, 4) is 61.8 Å². The summed E-state index contributed by atoms with van der Waals surface area (Å²) in [5.74, 6) is 2.16. The van der Waals surface area contributed by atoms with Crippen LogP contribution in [-0.4, -0.2) is 16.2 Å². The van der Waals surface area contributed by atoms with E-state index in [4.69, 9.17) is 13.8 Å². The zero-order valence-corrected chi connectivity index (χ0v) is 45.4. The summed E-state index contributed by atoms with van der Waals surface area (Å²) < 4.78 is 54.9. The number of pyridine rings is 1. The third-order valence-electron chi connectivity index (χ3n) is 15.0. The minimum atomic E-state index is -0.435. The molecular weight excluding hydrogens is 937 g/mol. The van der Waals surface area contributed by atoms with Crippen LogP contribution in [0.1, 0.15) is 85.9 Å². The molecule has 380 valence electrons. The SMILES string of the molecule is [2H]c1c([2H])c([2H])c(-c2cc(-c3ccccc3)cc(-c3cc(C(C)(C)C)cc(C(C)(C)C)c3)c2N2CN(c3cccc(Oc4ccc5c6cc(-c7ccccc7)ccc6n(-c6cc(C(C)(C)C)ccn6)c5c4)c3)c3ccccc32)c([2H])c1[2H]. The highest BCUT2D eigenvalue weighted by Gasteiger charge is 2.33. The van der Waals surface area contributed by atoms with Crippen molar-refractivity contribution in [3.63, 3.8) is 0 Å². The van der Waals surface area contributed by atoms with E-state index in [2.05, 4.69) is 204 Å². The third-order valence-corrected chi connectivity index (χ3v) is 15.0. The van der Waals surface area contributed by atoms with Gasteiger partial charge in [-0.3, -0.25) is 4.57 Å². The van der Waals surface area contributed by atoms with Gasteiger partial charge in [-0.25, -0.2) is 4.98 Å². The normalized spacial score (nSPS) is 13.8. The average Bonchev–Trinajstić information content (AvgIpc) is 4.06. The molecule has 5 heteroatoms. The van der Waals surface area contributed by atoms with Crippen molar-refractivity contribution >= 4 is 44.6 Å². The van der Waals surface area contributed by atoms with E-state index in [1.54, 1.807) is 0 Å². The van der Waals surface area contributed by atoms with E-state index in [-0.39, 0.29) is 46.0 Å². The van der Waals surface area contributed by atoms with Crippen molar-refractivity contribution in [2.75, 3.05) is 16.5 Å². The first-order valence-corrected chi connectivity index (χ1v) is 26.6. The monoisotopic (exact) mass is 1010 g/mol. The van der Waals surface area contributed by atoms with Crippen LogP contribution < -0.4 is 14.5 Å². The van der Waals surface area contributed by atoms with Crippen molar-refractivity contribution in [3.05, 3.63) is 241 Å². The summed E-state index contributed by atoms with van der Waals surface area (Å²) in [5.41, 5.74) is 15.1. The van der Waals surface area contributed by atoms with Crippen molar-refractivity contribution in [1.29, 1.82) is 0 Å². The lowest BCUT2D eigenvalue weighted by Crippen LogP contribution is -2.25. The first-order valence-electron chi connectivity index (χ1n) is 29.1. The van der Waals surface area contributed by atoms with Crippen molar-refractivity contribution in [2.24, 2.45) is 0 Å². The second-order valence-electron chi connectivity index (χ2n) is 23.4. The number of rotatable bonds is 9. The Balaban J connectivity index is 1.01. The van der Waals surface area contributed by atoms with Gasteiger partial charge in [0, 0.05) is 45.9 Å². The van der Waals surface area contributed by atoms with Crippen LogP contribution in [0.25, 0.3) is 72.1 Å². The zero-order chi connectivity index (χ0) is 57.6. The molecule has 0 atom stereocenters. The van der Waals surface area contributed by atoms with E-state index in [1.165, 1.54) is 16.7 Å². The van der Waals surface area contributed by atoms with Gasteiger partial charge in [0.2, 0.25) is 0 Å². The Hall–Kier alpha value is -8.67. The highest BCUT2D eigenvalue weighted by atomic mass is 16.5. The van der Waals surface area contributed by atoms with Crippen molar-refractivity contribution < 1.29 is 11.6 Å². The standard InChI is InChI=1S/C72H66N4O/c1-70(2,3)54-36-37-73-68(44-54)76-64-35-32-51(48-22-13-10-14-23-48)40-63(64)60-34-33-59(46-67(60)76)77-58-29-21-28-57(45-58)74-47-75(66-31-20-19-30-65(66)74)69-61(50-26-17-12-18-27-50)41-52(49-24-15-11-16-25-49)42-62(69)53-38-55(71(4,5)6)43-56(39-53)72(7,8)9/h10-46H,47H2,1-9H3/i12D,17D,18D,26D,27D. The first kappa shape index (κ1) is 43.6. The Morgan fingerprint density at radius 1 is 0.429 bits per heavy atom. The maximum atomic E-state index is 9.54. The largest absolute Gasteiger partial charge is 0.457 e. The van der Waals surface area contributed by atoms with Crippen LogP contribution in [0.5, 0.6) is 11.5 Å². The van der Waals surface area contributed by atoms with Crippen molar-refractivity contribution in [2.45, 2.75) is 78.6 Å². The second kappa shape index (κ2) is 19.2. The molecule has 0 radical (unpaired) electrons. The van der Waals surface area contributed by atoms with Gasteiger partial charge in [-0.2, -0.15) is 0 Å². The average molecular weight is 1010 g/mol. The van der Waals surface area contributed by atoms with E-state index in [1.807, 2.05) is 66.9 Å². The highest BCUT2D eigenvalue weighted by Crippen LogP contribution is 2.52. The number of aromatic nitrogens is 2. The lowest BCUT2D eigenvalue weighted by Gasteiger charge is -2.30. The molecule has 12 rings (SSSR count). The molecule has 3 heterocycles. The van der Waals surface area contributed by atoms with Gasteiger partial charge in [-0.05, 0) is 139 Å². The fraction of sp³-hybridized carbons (Fsp3) is 0.181. The second-order valence-corrected chi connectivity index (χ2v) is 23.4. The van der Waals surface area contributed by atoms with Gasteiger partial charge >= 0.3 is 0 Å². The van der Waals surface area contributed by atoms with E-state index in [0.717, 1.165) is 83.8 Å². The fourth-order valence-electron chi connectivity index (χ4n) is 10.8. The van der Waals surface area contributed by atoms with E-state index in [9.17, 15) is 2.74 Å². The van der Waals surface area contributed by atoms with Gasteiger partial charge < -0.3 is 14.5 Å². The number of fused-ring (bicyclic) bond motifs is 4. The number of ether oxygens (including phenoxy) is 1. The Kier molecular flexibility index (Phi) is 10.8. The maximum Gasteiger partial charge on any atom is 0.137 e. The Bertz CT molecular complexity index is 4240. The van der Waals surface area contributed by atoms with Gasteiger partial charge in [0.05, 0.1) is 34.9 Å². The number of para-hydroxylation sites is 2. The van der Waals surface area contributed by atoms with E-state index >= 15 is 0 Å². The van der Waals surface area contributed by atoms with Gasteiger partial charge in [0.1, 0.15) is 24.0 Å². The van der Waals surface area contributed by atoms with Crippen LogP contribution in [0.4, 0.5) is 22.7 Å². The molecule has 0 spiro atoms. The molecule has 5 nitrogen and oxygen atoms in total. The molecular formula is C72H66N4O. The first-order chi connectivity index (χ1) is 39.1. The zero-order valence-electron chi connectivity index (χ0n) is 50.4. The molecule has 0 amide bonds. The molecule has 0 saturated carbocycles. The summed E-state index contributed by atoms with van der Waals surface area (Å²) in [6, 6.07) is 63.6. The van der Waals surface area contributed by atoms with Gasteiger partial charge in [0.25, 0.3) is 0 Å². The number of hydrogen-bond acceptors (Lipinski definition) is 4. The maximum absolute atomic E-state index is 9.54. The minimum Gasteiger partial charge on any atom is -0.457 e. The lowest BCUT2D eigenvalue weighted by molar-refractivity contribution is 0.483. The number of nitrogens with zero attached hydrogens (tertiary/aromatic N) is 4. The number of hydrogen-bond donors (Lipinski definition) is 0. The number of benzene rings is 9. The van der Waals surface area contributed by atoms with E-state index in [0.29, 0.717) is 23.7 Å². The molecule has 0 aliphatic carbocycles. The molecule has 0 unspecified atom stereocenters. The molecule has 2 aromatic heterocycles. The Morgan fingerprint density at radius 2 is 1.04 bits per heavy atom. The van der Waals surface area contributed by atoms with Crippen LogP contribution in [-0.2, 0) is 16.2 Å². The summed E-state index contributed by atoms with van der Waals surface area (Å²) in [4.78, 5) is 9.48. The smallest absolute Gasteiger partial charge is 0.137 e. The topological polar surface area (TPSA) is 33.5 Å². The predicted molar refractivity (Wildman–Crippen MR) is 325 cm³/mol. The molecule has 0 bridgehead atoms. The van der Waals surface area contributed by atoms with Gasteiger partial charge in [-0.15, -0.1) is 0 Å².